The lowest BCUT2D eigenvalue weighted by molar-refractivity contribution is -0.117. The molecule has 3 N–H and O–H groups in total. The lowest BCUT2D eigenvalue weighted by atomic mass is 9.90. The number of nitrogens with two attached hydrogens (primary N) is 1. The molecule has 1 saturated heterocycles. The largest absolute Gasteiger partial charge is 0.330 e. The highest BCUT2D eigenvalue weighted by Crippen LogP contribution is 2.28. The van der Waals surface area contributed by atoms with Gasteiger partial charge in [-0.05, 0) is 31.3 Å². The number of aromatic nitrogens is 2. The number of halogens is 2. The summed E-state index contributed by atoms with van der Waals surface area (Å²) in [5.41, 5.74) is 5.94. The fourth-order valence-corrected chi connectivity index (χ4v) is 2.64. The molecule has 128 valence electrons. The molecule has 1 aliphatic rings. The zero-order chi connectivity index (χ0) is 14.6. The summed E-state index contributed by atoms with van der Waals surface area (Å²) in [6.07, 6.45) is 3.77. The van der Waals surface area contributed by atoms with E-state index >= 15 is 0 Å². The molecule has 0 radical (unpaired) electrons. The van der Waals surface area contributed by atoms with Gasteiger partial charge in [0.1, 0.15) is 5.82 Å². The van der Waals surface area contributed by atoms with Crippen LogP contribution in [0.4, 0.5) is 5.82 Å². The Morgan fingerprint density at radius 1 is 1.50 bits per heavy atom. The van der Waals surface area contributed by atoms with E-state index in [4.69, 9.17) is 5.73 Å². The highest BCUT2D eigenvalue weighted by Gasteiger charge is 2.33. The smallest absolute Gasteiger partial charge is 0.239 e. The van der Waals surface area contributed by atoms with Crippen molar-refractivity contribution in [1.82, 2.24) is 14.7 Å². The van der Waals surface area contributed by atoms with Crippen LogP contribution in [0.25, 0.3) is 0 Å². The second-order valence-corrected chi connectivity index (χ2v) is 5.96. The van der Waals surface area contributed by atoms with Gasteiger partial charge in [-0.25, -0.2) is 4.68 Å². The van der Waals surface area contributed by atoms with Crippen LogP contribution in [0.5, 0.6) is 0 Å². The van der Waals surface area contributed by atoms with E-state index in [2.05, 4.69) is 29.2 Å². The number of likely N-dealkylation sites (tertiary alicyclic amines) is 1. The molecule has 0 aromatic carbocycles. The molecule has 1 atom stereocenters. The van der Waals surface area contributed by atoms with E-state index in [0.717, 1.165) is 38.3 Å². The number of carbonyl (C=O) groups excluding carboxylic acids is 1. The molecule has 6 nitrogen and oxygen atoms in total. The SMILES string of the molecule is CCCn1nccc1NC(=O)CN1CCC(C)(CN)C1.Cl.Cl. The highest BCUT2D eigenvalue weighted by atomic mass is 35.5. The first-order valence-corrected chi connectivity index (χ1v) is 7.30. The summed E-state index contributed by atoms with van der Waals surface area (Å²) in [5.74, 6) is 0.793. The fraction of sp³-hybridized carbons (Fsp3) is 0.714. The van der Waals surface area contributed by atoms with Crippen LogP contribution in [-0.2, 0) is 11.3 Å². The van der Waals surface area contributed by atoms with Crippen LogP contribution in [-0.4, -0.2) is 46.8 Å². The van der Waals surface area contributed by atoms with Gasteiger partial charge in [-0.3, -0.25) is 9.69 Å². The second kappa shape index (κ2) is 9.35. The van der Waals surface area contributed by atoms with E-state index in [1.54, 1.807) is 6.20 Å². The third-order valence-corrected chi connectivity index (χ3v) is 3.92. The van der Waals surface area contributed by atoms with Crippen LogP contribution in [0.15, 0.2) is 12.3 Å². The van der Waals surface area contributed by atoms with Crippen LogP contribution in [0.3, 0.4) is 0 Å². The lowest BCUT2D eigenvalue weighted by Crippen LogP contribution is -2.35. The molecule has 0 spiro atoms. The molecule has 1 amide bonds. The molecular formula is C14H27Cl2N5O. The van der Waals surface area contributed by atoms with E-state index in [1.807, 2.05) is 10.7 Å². The summed E-state index contributed by atoms with van der Waals surface area (Å²) < 4.78 is 1.83. The summed E-state index contributed by atoms with van der Waals surface area (Å²) in [7, 11) is 0. The zero-order valence-corrected chi connectivity index (χ0v) is 14.9. The van der Waals surface area contributed by atoms with Crippen LogP contribution in [0, 0.1) is 5.41 Å². The molecule has 1 aromatic heterocycles. The van der Waals surface area contributed by atoms with Crippen LogP contribution in [0.2, 0.25) is 0 Å². The van der Waals surface area contributed by atoms with Gasteiger partial charge in [0.2, 0.25) is 5.91 Å². The quantitative estimate of drug-likeness (QED) is 0.818. The summed E-state index contributed by atoms with van der Waals surface area (Å²) in [6.45, 7) is 8.02. The van der Waals surface area contributed by atoms with Gasteiger partial charge in [0, 0.05) is 19.2 Å². The average Bonchev–Trinajstić information content (AvgIpc) is 2.99. The Morgan fingerprint density at radius 3 is 2.82 bits per heavy atom. The Bertz CT molecular complexity index is 468. The van der Waals surface area contributed by atoms with E-state index in [-0.39, 0.29) is 36.1 Å². The van der Waals surface area contributed by atoms with Crippen LogP contribution >= 0.6 is 24.8 Å². The second-order valence-electron chi connectivity index (χ2n) is 5.96. The van der Waals surface area contributed by atoms with Crippen molar-refractivity contribution < 1.29 is 4.79 Å². The number of hydrogen-bond donors (Lipinski definition) is 2. The van der Waals surface area contributed by atoms with Gasteiger partial charge in [0.15, 0.2) is 0 Å². The van der Waals surface area contributed by atoms with E-state index in [9.17, 15) is 4.79 Å². The number of amides is 1. The topological polar surface area (TPSA) is 76.2 Å². The van der Waals surface area contributed by atoms with Gasteiger partial charge in [0.05, 0.1) is 12.7 Å². The lowest BCUT2D eigenvalue weighted by Gasteiger charge is -2.22. The predicted octanol–water partition coefficient (Wildman–Crippen LogP) is 1.75. The Balaban J connectivity index is 0.00000220. The molecule has 22 heavy (non-hydrogen) atoms. The number of hydrogen-bond acceptors (Lipinski definition) is 4. The number of nitrogens with zero attached hydrogens (tertiary/aromatic N) is 3. The first kappa shape index (κ1) is 21.2. The first-order chi connectivity index (χ1) is 9.56. The average molecular weight is 352 g/mol. The van der Waals surface area contributed by atoms with Crippen LogP contribution in [0.1, 0.15) is 26.7 Å². The molecule has 1 fully saturated rings. The van der Waals surface area contributed by atoms with Crippen molar-refractivity contribution in [2.75, 3.05) is 31.5 Å². The highest BCUT2D eigenvalue weighted by molar-refractivity contribution is 5.91. The number of anilines is 1. The maximum absolute atomic E-state index is 12.1. The van der Waals surface area contributed by atoms with E-state index < -0.39 is 0 Å². The Kier molecular flexibility index (Phi) is 9.00. The molecule has 1 unspecified atom stereocenters. The third kappa shape index (κ3) is 5.43. The maximum atomic E-state index is 12.1. The number of nitrogens with one attached hydrogen (secondary N) is 1. The summed E-state index contributed by atoms with van der Waals surface area (Å²) >= 11 is 0. The van der Waals surface area contributed by atoms with Crippen molar-refractivity contribution in [3.8, 4) is 0 Å². The predicted molar refractivity (Wildman–Crippen MR) is 93.9 cm³/mol. The number of carbonyl (C=O) groups is 1. The summed E-state index contributed by atoms with van der Waals surface area (Å²) in [6, 6.07) is 1.83. The maximum Gasteiger partial charge on any atom is 0.239 e. The number of aryl methyl sites for hydroxylation is 1. The molecular weight excluding hydrogens is 325 g/mol. The van der Waals surface area contributed by atoms with E-state index in [1.165, 1.54) is 0 Å². The van der Waals surface area contributed by atoms with Crippen molar-refractivity contribution >= 4 is 36.5 Å². The van der Waals surface area contributed by atoms with Crippen molar-refractivity contribution in [2.24, 2.45) is 11.1 Å². The van der Waals surface area contributed by atoms with Crippen molar-refractivity contribution in [1.29, 1.82) is 0 Å². The van der Waals surface area contributed by atoms with Gasteiger partial charge in [-0.15, -0.1) is 24.8 Å². The van der Waals surface area contributed by atoms with Gasteiger partial charge < -0.3 is 11.1 Å². The molecule has 2 rings (SSSR count). The van der Waals surface area contributed by atoms with Gasteiger partial charge in [-0.2, -0.15) is 5.10 Å². The van der Waals surface area contributed by atoms with Gasteiger partial charge in [0.25, 0.3) is 0 Å². The molecule has 0 saturated carbocycles. The van der Waals surface area contributed by atoms with Crippen molar-refractivity contribution in [2.45, 2.75) is 33.2 Å². The monoisotopic (exact) mass is 351 g/mol. The fourth-order valence-electron chi connectivity index (χ4n) is 2.64. The molecule has 2 heterocycles. The Labute approximate surface area is 144 Å². The zero-order valence-electron chi connectivity index (χ0n) is 13.2. The normalized spacial score (nSPS) is 21.0. The minimum atomic E-state index is 0. The summed E-state index contributed by atoms with van der Waals surface area (Å²) in [5, 5.41) is 7.14. The standard InChI is InChI=1S/C14H25N5O.2ClH/c1-3-7-19-12(4-6-16-19)17-13(20)9-18-8-5-14(2,10-15)11-18;;/h4,6H,3,5,7-11,15H2,1-2H3,(H,17,20);2*1H. The third-order valence-electron chi connectivity index (χ3n) is 3.92. The molecule has 1 aliphatic heterocycles. The minimum absolute atomic E-state index is 0. The van der Waals surface area contributed by atoms with Gasteiger partial charge in [-0.1, -0.05) is 13.8 Å². The molecule has 0 aliphatic carbocycles. The first-order valence-electron chi connectivity index (χ1n) is 7.30. The Hall–Kier alpha value is -0.820. The Morgan fingerprint density at radius 2 is 2.23 bits per heavy atom. The number of rotatable bonds is 6. The van der Waals surface area contributed by atoms with Crippen LogP contribution < -0.4 is 11.1 Å². The minimum Gasteiger partial charge on any atom is -0.330 e. The van der Waals surface area contributed by atoms with Crippen molar-refractivity contribution in [3.63, 3.8) is 0 Å². The molecule has 1 aromatic rings. The molecule has 0 bridgehead atoms. The molecule has 8 heteroatoms. The van der Waals surface area contributed by atoms with E-state index in [0.29, 0.717) is 13.1 Å². The van der Waals surface area contributed by atoms with Gasteiger partial charge >= 0.3 is 0 Å². The summed E-state index contributed by atoms with van der Waals surface area (Å²) in [4.78, 5) is 14.3. The van der Waals surface area contributed by atoms with Crippen molar-refractivity contribution in [3.05, 3.63) is 12.3 Å².